The van der Waals surface area contributed by atoms with E-state index in [0.29, 0.717) is 31.8 Å². The van der Waals surface area contributed by atoms with Crippen LogP contribution in [0.1, 0.15) is 30.9 Å². The number of nitrogens with zero attached hydrogens (tertiary/aromatic N) is 2. The number of piperidine rings is 1. The van der Waals surface area contributed by atoms with E-state index in [1.165, 1.54) is 0 Å². The number of benzene rings is 1. The first-order chi connectivity index (χ1) is 11.1. The van der Waals surface area contributed by atoms with Gasteiger partial charge in [-0.2, -0.15) is 5.26 Å². The lowest BCUT2D eigenvalue weighted by Crippen LogP contribution is -2.45. The maximum atomic E-state index is 12.3. The van der Waals surface area contributed by atoms with Crippen LogP contribution >= 0.6 is 0 Å². The van der Waals surface area contributed by atoms with Crippen LogP contribution in [0.3, 0.4) is 0 Å². The first-order valence-electron chi connectivity index (χ1n) is 7.82. The largest absolute Gasteiger partial charge is 0.450 e. The first-order valence-corrected chi connectivity index (χ1v) is 7.82. The Hall–Kier alpha value is -2.55. The van der Waals surface area contributed by atoms with Gasteiger partial charge < -0.3 is 15.0 Å². The number of hydrogen-bond donors (Lipinski definition) is 1. The third kappa shape index (κ3) is 4.71. The molecule has 6 nitrogen and oxygen atoms in total. The Morgan fingerprint density at radius 1 is 1.48 bits per heavy atom. The third-order valence-electron chi connectivity index (χ3n) is 3.84. The highest BCUT2D eigenvalue weighted by atomic mass is 16.6. The van der Waals surface area contributed by atoms with Gasteiger partial charge in [-0.25, -0.2) is 4.79 Å². The molecule has 1 aliphatic rings. The Bertz CT molecular complexity index is 609. The lowest BCUT2D eigenvalue weighted by Gasteiger charge is -2.31. The maximum Gasteiger partial charge on any atom is 0.409 e. The lowest BCUT2D eigenvalue weighted by atomic mass is 9.97. The van der Waals surface area contributed by atoms with Gasteiger partial charge in [0.2, 0.25) is 5.91 Å². The number of nitriles is 1. The summed E-state index contributed by atoms with van der Waals surface area (Å²) in [5.41, 5.74) is 1.46. The molecule has 1 aliphatic heterocycles. The molecular formula is C17H21N3O3. The Morgan fingerprint density at radius 2 is 2.30 bits per heavy atom. The van der Waals surface area contributed by atoms with Crippen molar-refractivity contribution in [2.24, 2.45) is 5.92 Å². The maximum absolute atomic E-state index is 12.3. The summed E-state index contributed by atoms with van der Waals surface area (Å²) in [7, 11) is 0. The quantitative estimate of drug-likeness (QED) is 0.922. The van der Waals surface area contributed by atoms with E-state index in [9.17, 15) is 9.59 Å². The van der Waals surface area contributed by atoms with Crippen molar-refractivity contribution in [3.63, 3.8) is 0 Å². The summed E-state index contributed by atoms with van der Waals surface area (Å²) >= 11 is 0. The second-order valence-electron chi connectivity index (χ2n) is 5.51. The summed E-state index contributed by atoms with van der Waals surface area (Å²) in [5.74, 6) is -0.284. The summed E-state index contributed by atoms with van der Waals surface area (Å²) in [5, 5.41) is 11.8. The highest BCUT2D eigenvalue weighted by Gasteiger charge is 2.28. The standard InChI is InChI=1S/C17H21N3O3/c1-2-23-17(22)20-8-4-7-15(12-20)16(21)19-11-14-6-3-5-13(9-14)10-18/h3,5-6,9,15H,2,4,7-8,11-12H2,1H3,(H,19,21). The molecule has 23 heavy (non-hydrogen) atoms. The van der Waals surface area contributed by atoms with Gasteiger partial charge in [-0.1, -0.05) is 12.1 Å². The van der Waals surface area contributed by atoms with Crippen molar-refractivity contribution in [3.8, 4) is 6.07 Å². The molecule has 1 atom stereocenters. The first kappa shape index (κ1) is 16.8. The molecule has 1 saturated heterocycles. The smallest absolute Gasteiger partial charge is 0.409 e. The van der Waals surface area contributed by atoms with E-state index in [1.807, 2.05) is 6.07 Å². The molecule has 0 radical (unpaired) electrons. The van der Waals surface area contributed by atoms with Gasteiger partial charge in [0.25, 0.3) is 0 Å². The SMILES string of the molecule is CCOC(=O)N1CCCC(C(=O)NCc2cccc(C#N)c2)C1. The molecule has 1 heterocycles. The van der Waals surface area contributed by atoms with Crippen LogP contribution in [0.2, 0.25) is 0 Å². The molecule has 0 spiro atoms. The number of likely N-dealkylation sites (tertiary alicyclic amines) is 1. The molecule has 1 aromatic rings. The van der Waals surface area contributed by atoms with Crippen LogP contribution in [0.25, 0.3) is 0 Å². The highest BCUT2D eigenvalue weighted by Crippen LogP contribution is 2.17. The topological polar surface area (TPSA) is 82.4 Å². The molecule has 1 unspecified atom stereocenters. The van der Waals surface area contributed by atoms with E-state index in [1.54, 1.807) is 30.0 Å². The number of hydrogen-bond acceptors (Lipinski definition) is 4. The third-order valence-corrected chi connectivity index (χ3v) is 3.84. The molecule has 122 valence electrons. The predicted molar refractivity (Wildman–Crippen MR) is 84.3 cm³/mol. The summed E-state index contributed by atoms with van der Waals surface area (Å²) < 4.78 is 4.99. The van der Waals surface area contributed by atoms with E-state index in [2.05, 4.69) is 11.4 Å². The van der Waals surface area contributed by atoms with Crippen LogP contribution < -0.4 is 5.32 Å². The molecule has 0 bridgehead atoms. The molecule has 6 heteroatoms. The van der Waals surface area contributed by atoms with Crippen LogP contribution in [0.4, 0.5) is 4.79 Å². The van der Waals surface area contributed by atoms with E-state index in [4.69, 9.17) is 10.00 Å². The van der Waals surface area contributed by atoms with E-state index in [-0.39, 0.29) is 17.9 Å². The average molecular weight is 315 g/mol. The molecule has 0 saturated carbocycles. The predicted octanol–water partition coefficient (Wildman–Crippen LogP) is 2.04. The summed E-state index contributed by atoms with van der Waals surface area (Å²) in [6, 6.07) is 9.22. The molecule has 1 fully saturated rings. The van der Waals surface area contributed by atoms with Crippen molar-refractivity contribution in [3.05, 3.63) is 35.4 Å². The number of carbonyl (C=O) groups excluding carboxylic acids is 2. The van der Waals surface area contributed by atoms with Crippen LogP contribution in [-0.2, 0) is 16.1 Å². The van der Waals surface area contributed by atoms with Gasteiger partial charge >= 0.3 is 6.09 Å². The number of amides is 2. The van der Waals surface area contributed by atoms with Crippen molar-refractivity contribution in [2.75, 3.05) is 19.7 Å². The minimum absolute atomic E-state index is 0.0682. The fourth-order valence-electron chi connectivity index (χ4n) is 2.66. The molecule has 0 aliphatic carbocycles. The molecule has 2 amide bonds. The Kier molecular flexibility index (Phi) is 5.98. The summed E-state index contributed by atoms with van der Waals surface area (Å²) in [6.45, 7) is 3.50. The van der Waals surface area contributed by atoms with Gasteiger partial charge in [-0.05, 0) is 37.5 Å². The Morgan fingerprint density at radius 3 is 3.04 bits per heavy atom. The van der Waals surface area contributed by atoms with Crippen molar-refractivity contribution >= 4 is 12.0 Å². The van der Waals surface area contributed by atoms with Gasteiger partial charge in [0, 0.05) is 19.6 Å². The molecular weight excluding hydrogens is 294 g/mol. The molecule has 1 N–H and O–H groups in total. The second-order valence-corrected chi connectivity index (χ2v) is 5.51. The average Bonchev–Trinajstić information content (AvgIpc) is 2.60. The minimum atomic E-state index is -0.355. The fraction of sp³-hybridized carbons (Fsp3) is 0.471. The highest BCUT2D eigenvalue weighted by molar-refractivity contribution is 5.80. The van der Waals surface area contributed by atoms with Crippen LogP contribution in [0.15, 0.2) is 24.3 Å². The minimum Gasteiger partial charge on any atom is -0.450 e. The van der Waals surface area contributed by atoms with Crippen LogP contribution in [0.5, 0.6) is 0 Å². The second kappa shape index (κ2) is 8.18. The van der Waals surface area contributed by atoms with Gasteiger partial charge in [-0.3, -0.25) is 4.79 Å². The normalized spacial score (nSPS) is 17.2. The van der Waals surface area contributed by atoms with E-state index >= 15 is 0 Å². The number of ether oxygens (including phenoxy) is 1. The van der Waals surface area contributed by atoms with Gasteiger partial charge in [0.05, 0.1) is 24.2 Å². The van der Waals surface area contributed by atoms with Gasteiger partial charge in [-0.15, -0.1) is 0 Å². The number of nitrogens with one attached hydrogen (secondary N) is 1. The van der Waals surface area contributed by atoms with Gasteiger partial charge in [0.1, 0.15) is 0 Å². The summed E-state index contributed by atoms with van der Waals surface area (Å²) in [4.78, 5) is 25.6. The molecule has 2 rings (SSSR count). The zero-order valence-corrected chi connectivity index (χ0v) is 13.2. The number of rotatable bonds is 4. The van der Waals surface area contributed by atoms with Crippen LogP contribution in [0, 0.1) is 17.2 Å². The summed E-state index contributed by atoms with van der Waals surface area (Å²) in [6.07, 6.45) is 1.20. The van der Waals surface area contributed by atoms with Crippen molar-refractivity contribution in [2.45, 2.75) is 26.3 Å². The van der Waals surface area contributed by atoms with E-state index in [0.717, 1.165) is 18.4 Å². The zero-order chi connectivity index (χ0) is 16.7. The monoisotopic (exact) mass is 315 g/mol. The van der Waals surface area contributed by atoms with Gasteiger partial charge in [0.15, 0.2) is 0 Å². The molecule has 0 aromatic heterocycles. The Balaban J connectivity index is 1.87. The van der Waals surface area contributed by atoms with E-state index < -0.39 is 0 Å². The van der Waals surface area contributed by atoms with Crippen LogP contribution in [-0.4, -0.2) is 36.6 Å². The molecule has 1 aromatic carbocycles. The zero-order valence-electron chi connectivity index (χ0n) is 13.2. The fourth-order valence-corrected chi connectivity index (χ4v) is 2.66. The lowest BCUT2D eigenvalue weighted by molar-refractivity contribution is -0.126. The Labute approximate surface area is 136 Å². The van der Waals surface area contributed by atoms with Crippen molar-refractivity contribution < 1.29 is 14.3 Å². The van der Waals surface area contributed by atoms with Crippen molar-refractivity contribution in [1.29, 1.82) is 5.26 Å². The van der Waals surface area contributed by atoms with Crippen molar-refractivity contribution in [1.82, 2.24) is 10.2 Å². The number of carbonyl (C=O) groups is 2.